The van der Waals surface area contributed by atoms with E-state index in [0.29, 0.717) is 18.7 Å². The molecule has 0 bridgehead atoms. The van der Waals surface area contributed by atoms with E-state index in [1.165, 1.54) is 22.5 Å². The third-order valence-electron chi connectivity index (χ3n) is 4.37. The Morgan fingerprint density at radius 2 is 1.89 bits per heavy atom. The maximum atomic E-state index is 13.9. The van der Waals surface area contributed by atoms with Crippen molar-refractivity contribution in [2.24, 2.45) is 0 Å². The largest absolute Gasteiger partial charge is 0.322 e. The van der Waals surface area contributed by atoms with Crippen molar-refractivity contribution in [3.05, 3.63) is 58.3 Å². The van der Waals surface area contributed by atoms with E-state index in [4.69, 9.17) is 0 Å². The Morgan fingerprint density at radius 1 is 1.19 bits per heavy atom. The van der Waals surface area contributed by atoms with E-state index in [2.05, 4.69) is 5.32 Å². The summed E-state index contributed by atoms with van der Waals surface area (Å²) in [5.41, 5.74) is 0.191. The average molecular weight is 393 g/mol. The first-order valence-electron chi connectivity index (χ1n) is 8.54. The number of carbonyl (C=O) groups is 1. The second kappa shape index (κ2) is 7.61. The van der Waals surface area contributed by atoms with E-state index in [-0.39, 0.29) is 10.6 Å². The molecule has 1 fully saturated rings. The number of pyridine rings is 1. The van der Waals surface area contributed by atoms with E-state index >= 15 is 0 Å². The molecule has 27 heavy (non-hydrogen) atoms. The lowest BCUT2D eigenvalue weighted by Crippen LogP contribution is -2.31. The molecule has 1 N–H and O–H groups in total. The Kier molecular flexibility index (Phi) is 5.43. The summed E-state index contributed by atoms with van der Waals surface area (Å²) in [6, 6.07) is 6.71. The van der Waals surface area contributed by atoms with Gasteiger partial charge in [0.05, 0.1) is 10.6 Å². The van der Waals surface area contributed by atoms with Crippen molar-refractivity contribution in [2.45, 2.75) is 31.2 Å². The molecule has 2 aromatic rings. The third kappa shape index (κ3) is 4.25. The highest BCUT2D eigenvalue weighted by molar-refractivity contribution is 7.89. The van der Waals surface area contributed by atoms with Crippen LogP contribution in [0.25, 0.3) is 0 Å². The molecule has 1 saturated heterocycles. The number of hydrogen-bond donors (Lipinski definition) is 1. The number of sulfonamides is 1. The summed E-state index contributed by atoms with van der Waals surface area (Å²) in [6.07, 6.45) is 2.74. The topological polar surface area (TPSA) is 88.5 Å². The monoisotopic (exact) mass is 393 g/mol. The number of aryl methyl sites for hydroxylation is 1. The summed E-state index contributed by atoms with van der Waals surface area (Å²) in [5.74, 6) is -1.21. The number of aromatic nitrogens is 1. The average Bonchev–Trinajstić information content (AvgIpc) is 3.15. The van der Waals surface area contributed by atoms with Gasteiger partial charge in [-0.25, -0.2) is 12.8 Å². The number of anilines is 1. The van der Waals surface area contributed by atoms with Crippen LogP contribution in [-0.2, 0) is 21.4 Å². The lowest BCUT2D eigenvalue weighted by molar-refractivity contribution is -0.116. The van der Waals surface area contributed by atoms with Crippen LogP contribution in [0.4, 0.5) is 10.1 Å². The Morgan fingerprint density at radius 3 is 2.56 bits per heavy atom. The van der Waals surface area contributed by atoms with Crippen LogP contribution in [0.5, 0.6) is 0 Å². The highest BCUT2D eigenvalue weighted by atomic mass is 32.2. The summed E-state index contributed by atoms with van der Waals surface area (Å²) in [4.78, 5) is 24.2. The first kappa shape index (κ1) is 19.2. The van der Waals surface area contributed by atoms with Crippen LogP contribution in [0.15, 0.2) is 46.2 Å². The molecule has 0 aliphatic carbocycles. The second-order valence-electron chi connectivity index (χ2n) is 6.47. The van der Waals surface area contributed by atoms with Gasteiger partial charge in [0.2, 0.25) is 15.9 Å². The van der Waals surface area contributed by atoms with Crippen molar-refractivity contribution in [1.29, 1.82) is 0 Å². The van der Waals surface area contributed by atoms with Crippen molar-refractivity contribution in [3.8, 4) is 0 Å². The van der Waals surface area contributed by atoms with E-state index in [0.717, 1.165) is 29.7 Å². The second-order valence-corrected chi connectivity index (χ2v) is 8.41. The van der Waals surface area contributed by atoms with Gasteiger partial charge in [0.1, 0.15) is 12.4 Å². The SMILES string of the molecule is Cc1ccc(NC(=O)Cn2cc(S(=O)(=O)N3CCCC3)ccc2=O)c(F)c1. The Hall–Kier alpha value is -2.52. The van der Waals surface area contributed by atoms with Gasteiger partial charge < -0.3 is 9.88 Å². The molecule has 9 heteroatoms. The minimum atomic E-state index is -3.70. The molecule has 1 aliphatic heterocycles. The van der Waals surface area contributed by atoms with Crippen molar-refractivity contribution >= 4 is 21.6 Å². The molecule has 0 unspecified atom stereocenters. The molecule has 3 rings (SSSR count). The number of carbonyl (C=O) groups excluding carboxylic acids is 1. The van der Waals surface area contributed by atoms with Gasteiger partial charge in [0, 0.05) is 25.4 Å². The fourth-order valence-corrected chi connectivity index (χ4v) is 4.47. The van der Waals surface area contributed by atoms with Crippen LogP contribution in [-0.4, -0.2) is 36.3 Å². The normalized spacial score (nSPS) is 15.0. The van der Waals surface area contributed by atoms with Crippen molar-refractivity contribution in [2.75, 3.05) is 18.4 Å². The van der Waals surface area contributed by atoms with Crippen molar-refractivity contribution in [1.82, 2.24) is 8.87 Å². The minimum Gasteiger partial charge on any atom is -0.322 e. The van der Waals surface area contributed by atoms with Gasteiger partial charge in [0.25, 0.3) is 5.56 Å². The highest BCUT2D eigenvalue weighted by Gasteiger charge is 2.27. The summed E-state index contributed by atoms with van der Waals surface area (Å²) in [5, 5.41) is 2.39. The predicted molar refractivity (Wildman–Crippen MR) is 98.5 cm³/mol. The molecule has 1 aromatic carbocycles. The maximum Gasteiger partial charge on any atom is 0.251 e. The summed E-state index contributed by atoms with van der Waals surface area (Å²) in [7, 11) is -3.70. The Labute approximate surface area is 156 Å². The lowest BCUT2D eigenvalue weighted by Gasteiger charge is -2.16. The number of hydrogen-bond acceptors (Lipinski definition) is 4. The molecule has 1 aliphatic rings. The van der Waals surface area contributed by atoms with Gasteiger partial charge in [-0.1, -0.05) is 6.07 Å². The van der Waals surface area contributed by atoms with Crippen LogP contribution in [0.3, 0.4) is 0 Å². The Bertz CT molecular complexity index is 1030. The molecular weight excluding hydrogens is 373 g/mol. The molecule has 144 valence electrons. The fourth-order valence-electron chi connectivity index (χ4n) is 2.93. The quantitative estimate of drug-likeness (QED) is 0.838. The first-order valence-corrected chi connectivity index (χ1v) is 9.98. The smallest absolute Gasteiger partial charge is 0.251 e. The lowest BCUT2D eigenvalue weighted by atomic mass is 10.2. The van der Waals surface area contributed by atoms with Gasteiger partial charge in [-0.15, -0.1) is 0 Å². The molecule has 0 radical (unpaired) electrons. The van der Waals surface area contributed by atoms with Crippen molar-refractivity contribution in [3.63, 3.8) is 0 Å². The zero-order valence-corrected chi connectivity index (χ0v) is 15.6. The number of benzene rings is 1. The molecule has 1 amide bonds. The highest BCUT2D eigenvalue weighted by Crippen LogP contribution is 2.20. The predicted octanol–water partition coefficient (Wildman–Crippen LogP) is 1.72. The number of nitrogens with zero attached hydrogens (tertiary/aromatic N) is 2. The number of halogens is 1. The van der Waals surface area contributed by atoms with Gasteiger partial charge >= 0.3 is 0 Å². The van der Waals surface area contributed by atoms with Crippen molar-refractivity contribution < 1.29 is 17.6 Å². The van der Waals surface area contributed by atoms with Gasteiger partial charge in [-0.05, 0) is 43.5 Å². The summed E-state index contributed by atoms with van der Waals surface area (Å²) in [6.45, 7) is 2.18. The zero-order valence-electron chi connectivity index (χ0n) is 14.8. The molecule has 0 spiro atoms. The van der Waals surface area contributed by atoms with Gasteiger partial charge in [-0.3, -0.25) is 9.59 Å². The van der Waals surface area contributed by atoms with Crippen LogP contribution >= 0.6 is 0 Å². The summed E-state index contributed by atoms with van der Waals surface area (Å²) < 4.78 is 41.4. The zero-order chi connectivity index (χ0) is 19.6. The van der Waals surface area contributed by atoms with E-state index in [9.17, 15) is 22.4 Å². The molecule has 1 aromatic heterocycles. The van der Waals surface area contributed by atoms with Crippen LogP contribution in [0.2, 0.25) is 0 Å². The molecule has 0 atom stereocenters. The van der Waals surface area contributed by atoms with E-state index in [1.807, 2.05) is 0 Å². The number of amides is 1. The molecule has 7 nitrogen and oxygen atoms in total. The number of rotatable bonds is 5. The van der Waals surface area contributed by atoms with Crippen LogP contribution in [0, 0.1) is 12.7 Å². The fraction of sp³-hybridized carbons (Fsp3) is 0.333. The van der Waals surface area contributed by atoms with Gasteiger partial charge in [-0.2, -0.15) is 4.31 Å². The standard InChI is InChI=1S/C18H20FN3O4S/c1-13-4-6-16(15(19)10-13)20-17(23)12-21-11-14(5-7-18(21)24)27(25,26)22-8-2-3-9-22/h4-7,10-11H,2-3,8-9,12H2,1H3,(H,20,23). The van der Waals surface area contributed by atoms with E-state index in [1.54, 1.807) is 13.0 Å². The van der Waals surface area contributed by atoms with Gasteiger partial charge in [0.15, 0.2) is 0 Å². The molecule has 2 heterocycles. The maximum absolute atomic E-state index is 13.9. The third-order valence-corrected chi connectivity index (χ3v) is 6.25. The first-order chi connectivity index (χ1) is 12.8. The summed E-state index contributed by atoms with van der Waals surface area (Å²) >= 11 is 0. The van der Waals surface area contributed by atoms with E-state index < -0.39 is 33.9 Å². The van der Waals surface area contributed by atoms with Crippen LogP contribution < -0.4 is 10.9 Å². The minimum absolute atomic E-state index is 0.000471. The number of nitrogens with one attached hydrogen (secondary N) is 1. The Balaban J connectivity index is 1.80. The molecular formula is C18H20FN3O4S. The molecule has 0 saturated carbocycles. The van der Waals surface area contributed by atoms with Crippen LogP contribution in [0.1, 0.15) is 18.4 Å².